The Balaban J connectivity index is 2.79. The SMILES string of the molecule is CCN[C@H](C)c1cccnc1N. The summed E-state index contributed by atoms with van der Waals surface area (Å²) in [5.74, 6) is 0.617. The van der Waals surface area contributed by atoms with Crippen LogP contribution in [0, 0.1) is 0 Å². The molecule has 1 aromatic heterocycles. The number of aromatic nitrogens is 1. The minimum Gasteiger partial charge on any atom is -0.383 e. The van der Waals surface area contributed by atoms with Crippen LogP contribution in [0.25, 0.3) is 0 Å². The largest absolute Gasteiger partial charge is 0.383 e. The lowest BCUT2D eigenvalue weighted by atomic mass is 10.1. The molecule has 3 nitrogen and oxygen atoms in total. The fourth-order valence-corrected chi connectivity index (χ4v) is 1.21. The second kappa shape index (κ2) is 4.07. The van der Waals surface area contributed by atoms with E-state index < -0.39 is 0 Å². The molecular weight excluding hydrogens is 150 g/mol. The van der Waals surface area contributed by atoms with E-state index in [1.807, 2.05) is 12.1 Å². The van der Waals surface area contributed by atoms with Gasteiger partial charge in [0.2, 0.25) is 0 Å². The first-order chi connectivity index (χ1) is 5.75. The first-order valence-corrected chi connectivity index (χ1v) is 4.19. The van der Waals surface area contributed by atoms with Crippen LogP contribution in [-0.2, 0) is 0 Å². The molecule has 66 valence electrons. The molecule has 0 saturated carbocycles. The Morgan fingerprint density at radius 1 is 1.67 bits per heavy atom. The summed E-state index contributed by atoms with van der Waals surface area (Å²) in [6.07, 6.45) is 1.71. The standard InChI is InChI=1S/C9H15N3/c1-3-11-7(2)8-5-4-6-12-9(8)10/h4-7,11H,3H2,1-2H3,(H2,10,12)/t7-/m1/s1. The molecule has 1 aromatic rings. The molecular formula is C9H15N3. The fraction of sp³-hybridized carbons (Fsp3) is 0.444. The van der Waals surface area contributed by atoms with Crippen LogP contribution >= 0.6 is 0 Å². The smallest absolute Gasteiger partial charge is 0.128 e. The van der Waals surface area contributed by atoms with Crippen molar-refractivity contribution in [3.63, 3.8) is 0 Å². The van der Waals surface area contributed by atoms with Crippen LogP contribution in [0.1, 0.15) is 25.5 Å². The van der Waals surface area contributed by atoms with Crippen molar-refractivity contribution in [2.75, 3.05) is 12.3 Å². The number of nitrogens with zero attached hydrogens (tertiary/aromatic N) is 1. The lowest BCUT2D eigenvalue weighted by Gasteiger charge is -2.13. The molecule has 3 N–H and O–H groups in total. The first-order valence-electron chi connectivity index (χ1n) is 4.19. The molecule has 0 unspecified atom stereocenters. The van der Waals surface area contributed by atoms with Crippen molar-refractivity contribution in [1.82, 2.24) is 10.3 Å². The van der Waals surface area contributed by atoms with Crippen LogP contribution in [0.3, 0.4) is 0 Å². The lowest BCUT2D eigenvalue weighted by molar-refractivity contribution is 0.598. The van der Waals surface area contributed by atoms with E-state index in [1.54, 1.807) is 6.20 Å². The highest BCUT2D eigenvalue weighted by Gasteiger charge is 2.06. The van der Waals surface area contributed by atoms with Crippen LogP contribution in [0.5, 0.6) is 0 Å². The Kier molecular flexibility index (Phi) is 3.05. The van der Waals surface area contributed by atoms with E-state index in [4.69, 9.17) is 5.73 Å². The number of pyridine rings is 1. The van der Waals surface area contributed by atoms with Gasteiger partial charge in [0.15, 0.2) is 0 Å². The molecule has 0 radical (unpaired) electrons. The van der Waals surface area contributed by atoms with Gasteiger partial charge in [-0.2, -0.15) is 0 Å². The van der Waals surface area contributed by atoms with Gasteiger partial charge in [-0.1, -0.05) is 13.0 Å². The van der Waals surface area contributed by atoms with E-state index in [0.29, 0.717) is 5.82 Å². The van der Waals surface area contributed by atoms with Crippen molar-refractivity contribution >= 4 is 5.82 Å². The maximum absolute atomic E-state index is 5.70. The van der Waals surface area contributed by atoms with E-state index in [2.05, 4.69) is 24.1 Å². The molecule has 1 atom stereocenters. The van der Waals surface area contributed by atoms with Gasteiger partial charge in [-0.15, -0.1) is 0 Å². The molecule has 0 aliphatic heterocycles. The summed E-state index contributed by atoms with van der Waals surface area (Å²) in [6.45, 7) is 5.09. The molecule has 0 aliphatic rings. The van der Waals surface area contributed by atoms with E-state index in [-0.39, 0.29) is 6.04 Å². The summed E-state index contributed by atoms with van der Waals surface area (Å²) in [7, 11) is 0. The summed E-state index contributed by atoms with van der Waals surface area (Å²) >= 11 is 0. The predicted octanol–water partition coefficient (Wildman–Crippen LogP) is 1.33. The van der Waals surface area contributed by atoms with Crippen molar-refractivity contribution in [3.05, 3.63) is 23.9 Å². The molecule has 0 saturated heterocycles. The average molecular weight is 165 g/mol. The molecule has 0 bridgehead atoms. The van der Waals surface area contributed by atoms with Crippen LogP contribution < -0.4 is 11.1 Å². The third-order valence-corrected chi connectivity index (χ3v) is 1.85. The summed E-state index contributed by atoms with van der Waals surface area (Å²) in [5, 5.41) is 3.28. The van der Waals surface area contributed by atoms with Crippen molar-refractivity contribution in [1.29, 1.82) is 0 Å². The number of nitrogen functional groups attached to an aromatic ring is 1. The van der Waals surface area contributed by atoms with Crippen molar-refractivity contribution in [2.45, 2.75) is 19.9 Å². The number of hydrogen-bond donors (Lipinski definition) is 2. The Hall–Kier alpha value is -1.09. The molecule has 12 heavy (non-hydrogen) atoms. The van der Waals surface area contributed by atoms with E-state index >= 15 is 0 Å². The molecule has 0 aliphatic carbocycles. The molecule has 0 aromatic carbocycles. The monoisotopic (exact) mass is 165 g/mol. The summed E-state index contributed by atoms with van der Waals surface area (Å²) in [5.41, 5.74) is 6.77. The number of anilines is 1. The highest BCUT2D eigenvalue weighted by atomic mass is 14.9. The number of rotatable bonds is 3. The molecule has 0 fully saturated rings. The van der Waals surface area contributed by atoms with Gasteiger partial charge in [0, 0.05) is 17.8 Å². The van der Waals surface area contributed by atoms with E-state index in [0.717, 1.165) is 12.1 Å². The van der Waals surface area contributed by atoms with Gasteiger partial charge >= 0.3 is 0 Å². The maximum atomic E-state index is 5.70. The Morgan fingerprint density at radius 3 is 3.00 bits per heavy atom. The quantitative estimate of drug-likeness (QED) is 0.710. The second-order valence-electron chi connectivity index (χ2n) is 2.76. The third kappa shape index (κ3) is 1.95. The van der Waals surface area contributed by atoms with Gasteiger partial charge in [0.25, 0.3) is 0 Å². The van der Waals surface area contributed by atoms with Crippen molar-refractivity contribution in [3.8, 4) is 0 Å². The average Bonchev–Trinajstić information content (AvgIpc) is 2.05. The van der Waals surface area contributed by atoms with Crippen LogP contribution in [0.4, 0.5) is 5.82 Å². The lowest BCUT2D eigenvalue weighted by Crippen LogP contribution is -2.19. The highest BCUT2D eigenvalue weighted by Crippen LogP contribution is 2.16. The molecule has 0 amide bonds. The Labute approximate surface area is 73.0 Å². The fourth-order valence-electron chi connectivity index (χ4n) is 1.21. The molecule has 0 spiro atoms. The predicted molar refractivity (Wildman–Crippen MR) is 50.7 cm³/mol. The molecule has 3 heteroatoms. The highest BCUT2D eigenvalue weighted by molar-refractivity contribution is 5.40. The second-order valence-corrected chi connectivity index (χ2v) is 2.76. The zero-order valence-electron chi connectivity index (χ0n) is 7.54. The van der Waals surface area contributed by atoms with Crippen molar-refractivity contribution < 1.29 is 0 Å². The topological polar surface area (TPSA) is 50.9 Å². The summed E-state index contributed by atoms with van der Waals surface area (Å²) in [4.78, 5) is 4.02. The van der Waals surface area contributed by atoms with Crippen LogP contribution in [0.2, 0.25) is 0 Å². The minimum absolute atomic E-state index is 0.281. The van der Waals surface area contributed by atoms with E-state index in [9.17, 15) is 0 Å². The van der Waals surface area contributed by atoms with Crippen molar-refractivity contribution in [2.24, 2.45) is 0 Å². The van der Waals surface area contributed by atoms with Gasteiger partial charge in [-0.05, 0) is 19.5 Å². The Bertz CT molecular complexity index is 247. The normalized spacial score (nSPS) is 12.8. The van der Waals surface area contributed by atoms with Gasteiger partial charge in [-0.3, -0.25) is 0 Å². The number of nitrogens with two attached hydrogens (primary N) is 1. The zero-order chi connectivity index (χ0) is 8.97. The third-order valence-electron chi connectivity index (χ3n) is 1.85. The molecule has 1 rings (SSSR count). The summed E-state index contributed by atoms with van der Waals surface area (Å²) < 4.78 is 0. The van der Waals surface area contributed by atoms with Gasteiger partial charge in [-0.25, -0.2) is 4.98 Å². The zero-order valence-corrected chi connectivity index (χ0v) is 7.54. The number of hydrogen-bond acceptors (Lipinski definition) is 3. The van der Waals surface area contributed by atoms with Gasteiger partial charge in [0.05, 0.1) is 0 Å². The first kappa shape index (κ1) is 9.00. The van der Waals surface area contributed by atoms with Gasteiger partial charge < -0.3 is 11.1 Å². The summed E-state index contributed by atoms with van der Waals surface area (Å²) in [6, 6.07) is 4.18. The van der Waals surface area contributed by atoms with E-state index in [1.165, 1.54) is 0 Å². The van der Waals surface area contributed by atoms with Crippen LogP contribution in [0.15, 0.2) is 18.3 Å². The number of nitrogens with one attached hydrogen (secondary N) is 1. The van der Waals surface area contributed by atoms with Crippen LogP contribution in [-0.4, -0.2) is 11.5 Å². The molecule has 1 heterocycles. The Morgan fingerprint density at radius 2 is 2.42 bits per heavy atom. The van der Waals surface area contributed by atoms with Gasteiger partial charge in [0.1, 0.15) is 5.82 Å². The maximum Gasteiger partial charge on any atom is 0.128 e. The minimum atomic E-state index is 0.281.